The molecule has 0 saturated carbocycles. The van der Waals surface area contributed by atoms with Crippen LogP contribution in [-0.2, 0) is 4.74 Å². The molecule has 2 rings (SSSR count). The SMILES string of the molecule is C=C/C(=C\C=C(/C)C(F)(F)F)OC(CC1CCNCC1)c1ccccc1F. The average Bonchev–Trinajstić information content (AvgIpc) is 2.64. The van der Waals surface area contributed by atoms with Crippen molar-refractivity contribution in [3.8, 4) is 0 Å². The van der Waals surface area contributed by atoms with Gasteiger partial charge >= 0.3 is 6.18 Å². The van der Waals surface area contributed by atoms with E-state index in [0.717, 1.165) is 38.9 Å². The Morgan fingerprint density at radius 1 is 1.26 bits per heavy atom. The van der Waals surface area contributed by atoms with E-state index in [2.05, 4.69) is 11.9 Å². The van der Waals surface area contributed by atoms with E-state index in [0.29, 0.717) is 17.9 Å². The molecule has 148 valence electrons. The molecular weight excluding hydrogens is 358 g/mol. The number of piperidine rings is 1. The molecule has 1 aromatic carbocycles. The van der Waals surface area contributed by atoms with Gasteiger partial charge in [-0.15, -0.1) is 0 Å². The minimum Gasteiger partial charge on any atom is -0.486 e. The fourth-order valence-electron chi connectivity index (χ4n) is 3.02. The van der Waals surface area contributed by atoms with Gasteiger partial charge in [0.2, 0.25) is 0 Å². The van der Waals surface area contributed by atoms with Crippen LogP contribution in [0.5, 0.6) is 0 Å². The molecule has 1 saturated heterocycles. The van der Waals surface area contributed by atoms with Crippen molar-refractivity contribution >= 4 is 0 Å². The van der Waals surface area contributed by atoms with E-state index >= 15 is 0 Å². The van der Waals surface area contributed by atoms with Gasteiger partial charge in [0.25, 0.3) is 0 Å². The molecule has 1 fully saturated rings. The van der Waals surface area contributed by atoms with Crippen molar-refractivity contribution in [3.05, 3.63) is 71.8 Å². The summed E-state index contributed by atoms with van der Waals surface area (Å²) >= 11 is 0. The van der Waals surface area contributed by atoms with Crippen LogP contribution < -0.4 is 5.32 Å². The van der Waals surface area contributed by atoms with Crippen molar-refractivity contribution in [1.29, 1.82) is 0 Å². The van der Waals surface area contributed by atoms with Gasteiger partial charge in [-0.3, -0.25) is 0 Å². The Kier molecular flexibility index (Phi) is 7.66. The molecule has 0 aromatic heterocycles. The zero-order chi connectivity index (χ0) is 19.9. The molecule has 0 amide bonds. The quantitative estimate of drug-likeness (QED) is 0.362. The summed E-state index contributed by atoms with van der Waals surface area (Å²) in [6, 6.07) is 6.33. The lowest BCUT2D eigenvalue weighted by molar-refractivity contribution is -0.0913. The Bertz CT molecular complexity index is 688. The second kappa shape index (κ2) is 9.74. The maximum atomic E-state index is 14.3. The lowest BCUT2D eigenvalue weighted by Crippen LogP contribution is -2.29. The van der Waals surface area contributed by atoms with Gasteiger partial charge in [0.15, 0.2) is 0 Å². The fourth-order valence-corrected chi connectivity index (χ4v) is 3.02. The minimum atomic E-state index is -4.40. The smallest absolute Gasteiger partial charge is 0.412 e. The molecule has 1 unspecified atom stereocenters. The molecule has 0 bridgehead atoms. The monoisotopic (exact) mass is 383 g/mol. The molecule has 0 aliphatic carbocycles. The summed E-state index contributed by atoms with van der Waals surface area (Å²) < 4.78 is 58.2. The summed E-state index contributed by atoms with van der Waals surface area (Å²) in [5.41, 5.74) is -0.341. The highest BCUT2D eigenvalue weighted by Gasteiger charge is 2.29. The van der Waals surface area contributed by atoms with Crippen LogP contribution in [-0.4, -0.2) is 19.3 Å². The van der Waals surface area contributed by atoms with Gasteiger partial charge in [0.05, 0.1) is 0 Å². The van der Waals surface area contributed by atoms with Gasteiger partial charge in [-0.1, -0.05) is 30.9 Å². The van der Waals surface area contributed by atoms with Crippen LogP contribution >= 0.6 is 0 Å². The Balaban J connectivity index is 2.23. The zero-order valence-corrected chi connectivity index (χ0v) is 15.4. The molecular formula is C21H25F4NO. The largest absolute Gasteiger partial charge is 0.486 e. The number of hydrogen-bond donors (Lipinski definition) is 1. The number of ether oxygens (including phenoxy) is 1. The molecule has 1 aliphatic rings. The molecule has 6 heteroatoms. The summed E-state index contributed by atoms with van der Waals surface area (Å²) in [6.07, 6.45) is 1.03. The topological polar surface area (TPSA) is 21.3 Å². The van der Waals surface area contributed by atoms with Crippen molar-refractivity contribution in [2.24, 2.45) is 5.92 Å². The van der Waals surface area contributed by atoms with Crippen LogP contribution in [0.25, 0.3) is 0 Å². The maximum Gasteiger partial charge on any atom is 0.412 e. The van der Waals surface area contributed by atoms with E-state index < -0.39 is 17.9 Å². The minimum absolute atomic E-state index is 0.181. The number of benzene rings is 1. The molecule has 0 spiro atoms. The third kappa shape index (κ3) is 6.54. The first-order valence-corrected chi connectivity index (χ1v) is 9.01. The molecule has 1 heterocycles. The predicted octanol–water partition coefficient (Wildman–Crippen LogP) is 5.85. The summed E-state index contributed by atoms with van der Waals surface area (Å²) in [4.78, 5) is 0. The van der Waals surface area contributed by atoms with Gasteiger partial charge in [-0.2, -0.15) is 13.2 Å². The van der Waals surface area contributed by atoms with E-state index in [4.69, 9.17) is 4.74 Å². The van der Waals surface area contributed by atoms with Crippen LogP contribution in [0, 0.1) is 11.7 Å². The first-order chi connectivity index (χ1) is 12.8. The maximum absolute atomic E-state index is 14.3. The van der Waals surface area contributed by atoms with Crippen molar-refractivity contribution in [1.82, 2.24) is 5.32 Å². The van der Waals surface area contributed by atoms with E-state index in [9.17, 15) is 17.6 Å². The van der Waals surface area contributed by atoms with Crippen molar-refractivity contribution < 1.29 is 22.3 Å². The highest BCUT2D eigenvalue weighted by atomic mass is 19.4. The Morgan fingerprint density at radius 2 is 1.93 bits per heavy atom. The number of allylic oxidation sites excluding steroid dienone is 4. The highest BCUT2D eigenvalue weighted by Crippen LogP contribution is 2.33. The van der Waals surface area contributed by atoms with Crippen molar-refractivity contribution in [2.75, 3.05) is 13.1 Å². The van der Waals surface area contributed by atoms with Gasteiger partial charge in [0, 0.05) is 11.1 Å². The van der Waals surface area contributed by atoms with E-state index in [1.165, 1.54) is 18.2 Å². The second-order valence-electron chi connectivity index (χ2n) is 6.68. The Hall–Kier alpha value is -2.08. The lowest BCUT2D eigenvalue weighted by Gasteiger charge is -2.28. The first kappa shape index (κ1) is 21.2. The van der Waals surface area contributed by atoms with Crippen LogP contribution in [0.15, 0.2) is 60.4 Å². The molecule has 2 nitrogen and oxygen atoms in total. The Labute approximate surface area is 157 Å². The normalized spacial score (nSPS) is 18.3. The van der Waals surface area contributed by atoms with E-state index in [-0.39, 0.29) is 11.6 Å². The molecule has 1 atom stereocenters. The molecule has 0 radical (unpaired) electrons. The third-order valence-corrected chi connectivity index (χ3v) is 4.68. The standard InChI is InChI=1S/C21H25F4NO/c1-3-17(9-8-15(2)21(23,24)25)27-20(14-16-10-12-26-13-11-16)18-6-4-5-7-19(18)22/h3-9,16,20,26H,1,10-14H2,2H3/b15-8+,17-9+. The molecule has 27 heavy (non-hydrogen) atoms. The van der Waals surface area contributed by atoms with Gasteiger partial charge < -0.3 is 10.1 Å². The average molecular weight is 383 g/mol. The van der Waals surface area contributed by atoms with Gasteiger partial charge in [-0.05, 0) is 63.4 Å². The molecule has 1 N–H and O–H groups in total. The third-order valence-electron chi connectivity index (χ3n) is 4.68. The Morgan fingerprint density at radius 3 is 2.52 bits per heavy atom. The summed E-state index contributed by atoms with van der Waals surface area (Å²) in [6.45, 7) is 6.39. The van der Waals surface area contributed by atoms with Crippen LogP contribution in [0.3, 0.4) is 0 Å². The number of halogens is 4. The first-order valence-electron chi connectivity index (χ1n) is 9.01. The highest BCUT2D eigenvalue weighted by molar-refractivity contribution is 5.25. The van der Waals surface area contributed by atoms with E-state index in [1.807, 2.05) is 0 Å². The van der Waals surface area contributed by atoms with Crippen LogP contribution in [0.2, 0.25) is 0 Å². The number of alkyl halides is 3. The number of hydrogen-bond acceptors (Lipinski definition) is 2. The second-order valence-corrected chi connectivity index (χ2v) is 6.68. The van der Waals surface area contributed by atoms with Crippen molar-refractivity contribution in [3.63, 3.8) is 0 Å². The number of nitrogens with one attached hydrogen (secondary N) is 1. The lowest BCUT2D eigenvalue weighted by atomic mass is 9.89. The van der Waals surface area contributed by atoms with E-state index in [1.54, 1.807) is 18.2 Å². The van der Waals surface area contributed by atoms with Crippen LogP contribution in [0.1, 0.15) is 37.9 Å². The summed E-state index contributed by atoms with van der Waals surface area (Å²) in [5.74, 6) is 0.150. The predicted molar refractivity (Wildman–Crippen MR) is 98.5 cm³/mol. The number of rotatable bonds is 7. The molecule has 1 aromatic rings. The fraction of sp³-hybridized carbons (Fsp3) is 0.429. The summed E-state index contributed by atoms with van der Waals surface area (Å²) in [5, 5.41) is 3.28. The van der Waals surface area contributed by atoms with Gasteiger partial charge in [0.1, 0.15) is 17.7 Å². The summed E-state index contributed by atoms with van der Waals surface area (Å²) in [7, 11) is 0. The van der Waals surface area contributed by atoms with Crippen molar-refractivity contribution in [2.45, 2.75) is 38.5 Å². The van der Waals surface area contributed by atoms with Crippen LogP contribution in [0.4, 0.5) is 17.6 Å². The van der Waals surface area contributed by atoms with Gasteiger partial charge in [-0.25, -0.2) is 4.39 Å². The zero-order valence-electron chi connectivity index (χ0n) is 15.4. The molecule has 1 aliphatic heterocycles.